The number of carbonyl (C=O) groups excluding carboxylic acids is 1. The molecule has 0 bridgehead atoms. The van der Waals surface area contributed by atoms with Gasteiger partial charge in [0.1, 0.15) is 9.09 Å². The molecule has 144 valence electrons. The molecule has 0 aliphatic carbocycles. The average Bonchev–Trinajstić information content (AvgIpc) is 3.04. The molecule has 10 heteroatoms. The van der Waals surface area contributed by atoms with Gasteiger partial charge in [-0.2, -0.15) is 0 Å². The molecule has 0 unspecified atom stereocenters. The number of likely N-dealkylation sites (tertiary alicyclic amines) is 1. The van der Waals surface area contributed by atoms with E-state index in [9.17, 15) is 14.9 Å². The fraction of sp³-hybridized carbons (Fsp3) is 0.353. The van der Waals surface area contributed by atoms with Crippen molar-refractivity contribution in [3.8, 4) is 0 Å². The maximum Gasteiger partial charge on any atom is 0.294 e. The topological polar surface area (TPSA) is 75.5 Å². The van der Waals surface area contributed by atoms with Crippen LogP contribution in [0.2, 0.25) is 10.0 Å². The molecule has 0 atom stereocenters. The highest BCUT2D eigenvalue weighted by Gasteiger charge is 2.26. The van der Waals surface area contributed by atoms with Crippen molar-refractivity contribution in [3.05, 3.63) is 49.3 Å². The third-order valence-electron chi connectivity index (χ3n) is 4.25. The van der Waals surface area contributed by atoms with Crippen LogP contribution in [0.1, 0.15) is 22.5 Å². The molecule has 1 aromatic carbocycles. The SMILES string of the molecule is CN1CCC(NC(=O)c2cc([N+](=O)[O-])c(Sc3ccc(Cl)cc3Cl)s2)CC1. The van der Waals surface area contributed by atoms with Crippen LogP contribution in [0.15, 0.2) is 33.4 Å². The lowest BCUT2D eigenvalue weighted by atomic mass is 10.1. The van der Waals surface area contributed by atoms with Crippen molar-refractivity contribution in [2.75, 3.05) is 20.1 Å². The van der Waals surface area contributed by atoms with Gasteiger partial charge < -0.3 is 10.2 Å². The number of hydrogen-bond donors (Lipinski definition) is 1. The molecule has 27 heavy (non-hydrogen) atoms. The summed E-state index contributed by atoms with van der Waals surface area (Å²) in [6.45, 7) is 1.84. The lowest BCUT2D eigenvalue weighted by molar-refractivity contribution is -0.387. The second-order valence-electron chi connectivity index (χ2n) is 6.27. The molecule has 1 aromatic heterocycles. The predicted molar refractivity (Wildman–Crippen MR) is 110 cm³/mol. The van der Waals surface area contributed by atoms with Gasteiger partial charge in [-0.1, -0.05) is 35.0 Å². The van der Waals surface area contributed by atoms with E-state index in [1.54, 1.807) is 18.2 Å². The van der Waals surface area contributed by atoms with Crippen molar-refractivity contribution < 1.29 is 9.72 Å². The van der Waals surface area contributed by atoms with Gasteiger partial charge >= 0.3 is 0 Å². The average molecular weight is 446 g/mol. The Hall–Kier alpha value is -1.32. The Morgan fingerprint density at radius 2 is 2.04 bits per heavy atom. The molecule has 2 heterocycles. The van der Waals surface area contributed by atoms with Crippen LogP contribution < -0.4 is 5.32 Å². The molecular formula is C17H17Cl2N3O3S2. The molecule has 0 radical (unpaired) electrons. The van der Waals surface area contributed by atoms with Crippen LogP contribution in [0.25, 0.3) is 0 Å². The lowest BCUT2D eigenvalue weighted by Gasteiger charge is -2.29. The molecule has 1 saturated heterocycles. The second-order valence-corrected chi connectivity index (χ2v) is 9.47. The van der Waals surface area contributed by atoms with E-state index in [1.165, 1.54) is 6.07 Å². The summed E-state index contributed by atoms with van der Waals surface area (Å²) in [6, 6.07) is 6.39. The summed E-state index contributed by atoms with van der Waals surface area (Å²) in [5.41, 5.74) is -0.0930. The van der Waals surface area contributed by atoms with Crippen LogP contribution in [0.5, 0.6) is 0 Å². The molecule has 2 aromatic rings. The fourth-order valence-corrected chi connectivity index (χ4v) is 5.46. The van der Waals surface area contributed by atoms with Crippen LogP contribution in [-0.4, -0.2) is 41.9 Å². The van der Waals surface area contributed by atoms with Crippen LogP contribution >= 0.6 is 46.3 Å². The Kier molecular flexibility index (Phi) is 6.65. The number of carbonyl (C=O) groups is 1. The first-order chi connectivity index (χ1) is 12.8. The highest BCUT2D eigenvalue weighted by atomic mass is 35.5. The summed E-state index contributed by atoms with van der Waals surface area (Å²) in [6.07, 6.45) is 1.75. The van der Waals surface area contributed by atoms with Crippen molar-refractivity contribution in [2.24, 2.45) is 0 Å². The molecular weight excluding hydrogens is 429 g/mol. The molecule has 1 N–H and O–H groups in total. The number of nitro groups is 1. The van der Waals surface area contributed by atoms with E-state index in [1.807, 2.05) is 7.05 Å². The lowest BCUT2D eigenvalue weighted by Crippen LogP contribution is -2.43. The number of thiophene rings is 1. The summed E-state index contributed by atoms with van der Waals surface area (Å²) in [5, 5.41) is 15.3. The minimum absolute atomic E-state index is 0.0930. The maximum atomic E-state index is 12.6. The van der Waals surface area contributed by atoms with Crippen molar-refractivity contribution >= 4 is 57.9 Å². The van der Waals surface area contributed by atoms with Crippen LogP contribution in [-0.2, 0) is 0 Å². The smallest absolute Gasteiger partial charge is 0.294 e. The Labute approximate surface area is 175 Å². The number of rotatable bonds is 5. The molecule has 3 rings (SSSR count). The predicted octanol–water partition coefficient (Wildman–Crippen LogP) is 4.94. The molecule has 1 fully saturated rings. The highest BCUT2D eigenvalue weighted by Crippen LogP contribution is 2.44. The van der Waals surface area contributed by atoms with E-state index in [0.29, 0.717) is 24.0 Å². The van der Waals surface area contributed by atoms with Gasteiger partial charge in [0.15, 0.2) is 0 Å². The minimum Gasteiger partial charge on any atom is -0.349 e. The number of nitrogens with one attached hydrogen (secondary N) is 1. The molecule has 1 aliphatic heterocycles. The summed E-state index contributed by atoms with van der Waals surface area (Å²) < 4.78 is 0.415. The molecule has 0 spiro atoms. The number of piperidine rings is 1. The van der Waals surface area contributed by atoms with E-state index in [4.69, 9.17) is 23.2 Å². The number of nitrogens with zero attached hydrogens (tertiary/aromatic N) is 2. The van der Waals surface area contributed by atoms with Gasteiger partial charge in [0.2, 0.25) is 0 Å². The van der Waals surface area contributed by atoms with Gasteiger partial charge in [0, 0.05) is 22.0 Å². The van der Waals surface area contributed by atoms with Gasteiger partial charge in [0.05, 0.1) is 9.95 Å². The third-order valence-corrected chi connectivity index (χ3v) is 7.30. The molecule has 0 saturated carbocycles. The quantitative estimate of drug-likeness (QED) is 0.520. The maximum absolute atomic E-state index is 12.6. The van der Waals surface area contributed by atoms with Crippen molar-refractivity contribution in [3.63, 3.8) is 0 Å². The first-order valence-electron chi connectivity index (χ1n) is 8.24. The van der Waals surface area contributed by atoms with Crippen LogP contribution in [0.4, 0.5) is 5.69 Å². The summed E-state index contributed by atoms with van der Waals surface area (Å²) in [7, 11) is 2.05. The van der Waals surface area contributed by atoms with E-state index in [2.05, 4.69) is 10.2 Å². The largest absolute Gasteiger partial charge is 0.349 e. The van der Waals surface area contributed by atoms with E-state index < -0.39 is 4.92 Å². The Morgan fingerprint density at radius 3 is 2.67 bits per heavy atom. The van der Waals surface area contributed by atoms with Gasteiger partial charge in [-0.05, 0) is 51.2 Å². The zero-order chi connectivity index (χ0) is 19.6. The first-order valence-corrected chi connectivity index (χ1v) is 10.6. The summed E-state index contributed by atoms with van der Waals surface area (Å²) in [4.78, 5) is 26.7. The molecule has 6 nitrogen and oxygen atoms in total. The zero-order valence-electron chi connectivity index (χ0n) is 14.4. The monoisotopic (exact) mass is 445 g/mol. The van der Waals surface area contributed by atoms with E-state index in [-0.39, 0.29) is 17.6 Å². The Bertz CT molecular complexity index is 867. The fourth-order valence-electron chi connectivity index (χ4n) is 2.74. The Morgan fingerprint density at radius 1 is 1.33 bits per heavy atom. The van der Waals surface area contributed by atoms with Crippen molar-refractivity contribution in [1.29, 1.82) is 0 Å². The van der Waals surface area contributed by atoms with E-state index in [0.717, 1.165) is 49.0 Å². The first kappa shape index (κ1) is 20.4. The third kappa shape index (κ3) is 5.14. The number of amides is 1. The Balaban J connectivity index is 1.78. The number of benzene rings is 1. The summed E-state index contributed by atoms with van der Waals surface area (Å²) in [5.74, 6) is -0.272. The zero-order valence-corrected chi connectivity index (χ0v) is 17.6. The molecule has 1 amide bonds. The number of hydrogen-bond acceptors (Lipinski definition) is 6. The molecule has 1 aliphatic rings. The number of halogens is 2. The van der Waals surface area contributed by atoms with Gasteiger partial charge in [-0.15, -0.1) is 11.3 Å². The standard InChI is InChI=1S/C17H17Cl2N3O3S2/c1-21-6-4-11(5-7-21)20-16(23)15-9-13(22(24)25)17(27-15)26-14-3-2-10(18)8-12(14)19/h2-3,8-9,11H,4-7H2,1H3,(H,20,23). The normalized spacial score (nSPS) is 15.7. The van der Waals surface area contributed by atoms with Gasteiger partial charge in [-0.3, -0.25) is 14.9 Å². The highest BCUT2D eigenvalue weighted by molar-refractivity contribution is 8.01. The minimum atomic E-state index is -0.477. The van der Waals surface area contributed by atoms with Crippen molar-refractivity contribution in [2.45, 2.75) is 28.0 Å². The van der Waals surface area contributed by atoms with Crippen LogP contribution in [0, 0.1) is 10.1 Å². The van der Waals surface area contributed by atoms with Crippen LogP contribution in [0.3, 0.4) is 0 Å². The van der Waals surface area contributed by atoms with E-state index >= 15 is 0 Å². The summed E-state index contributed by atoms with van der Waals surface area (Å²) >= 11 is 14.3. The van der Waals surface area contributed by atoms with Crippen molar-refractivity contribution in [1.82, 2.24) is 10.2 Å². The van der Waals surface area contributed by atoms with Gasteiger partial charge in [0.25, 0.3) is 11.6 Å². The van der Waals surface area contributed by atoms with Gasteiger partial charge in [-0.25, -0.2) is 0 Å². The second kappa shape index (κ2) is 8.79.